The Hall–Kier alpha value is -3.32. The first-order chi connectivity index (χ1) is 14.2. The minimum absolute atomic E-state index is 0.558. The lowest BCUT2D eigenvalue weighted by Crippen LogP contribution is -2.21. The van der Waals surface area contributed by atoms with Crippen molar-refractivity contribution in [1.29, 1.82) is 0 Å². The zero-order valence-electron chi connectivity index (χ0n) is 16.7. The van der Waals surface area contributed by atoms with Crippen LogP contribution < -0.4 is 20.1 Å². The van der Waals surface area contributed by atoms with E-state index < -0.39 is 0 Å². The lowest BCUT2D eigenvalue weighted by molar-refractivity contribution is 0.171. The summed E-state index contributed by atoms with van der Waals surface area (Å²) in [5, 5.41) is 6.75. The van der Waals surface area contributed by atoms with Crippen molar-refractivity contribution in [3.63, 3.8) is 0 Å². The largest absolute Gasteiger partial charge is 0.486 e. The minimum atomic E-state index is 0.558. The van der Waals surface area contributed by atoms with Crippen molar-refractivity contribution >= 4 is 17.3 Å². The van der Waals surface area contributed by atoms with Gasteiger partial charge >= 0.3 is 0 Å². The molecule has 0 unspecified atom stereocenters. The van der Waals surface area contributed by atoms with E-state index >= 15 is 0 Å². The van der Waals surface area contributed by atoms with Gasteiger partial charge in [0.1, 0.15) is 24.8 Å². The van der Waals surface area contributed by atoms with E-state index in [0.29, 0.717) is 24.9 Å². The Morgan fingerprint density at radius 3 is 2.45 bits per heavy atom. The number of aromatic nitrogens is 2. The van der Waals surface area contributed by atoms with Crippen molar-refractivity contribution in [2.24, 2.45) is 0 Å². The number of likely N-dealkylation sites (N-methyl/N-ethyl adjacent to an activating group) is 1. The number of fused-ring (bicyclic) bond motifs is 1. The van der Waals surface area contributed by atoms with E-state index in [0.717, 1.165) is 41.7 Å². The molecule has 0 saturated heterocycles. The maximum Gasteiger partial charge on any atom is 0.163 e. The molecule has 0 atom stereocenters. The molecule has 4 rings (SSSR count). The molecule has 0 fully saturated rings. The molecule has 2 aromatic carbocycles. The molecule has 0 radical (unpaired) electrons. The van der Waals surface area contributed by atoms with E-state index in [1.807, 2.05) is 68.7 Å². The van der Waals surface area contributed by atoms with E-state index in [4.69, 9.17) is 14.5 Å². The summed E-state index contributed by atoms with van der Waals surface area (Å²) in [5.41, 5.74) is 1.85. The van der Waals surface area contributed by atoms with Gasteiger partial charge in [0.25, 0.3) is 0 Å². The van der Waals surface area contributed by atoms with Crippen LogP contribution >= 0.6 is 0 Å². The zero-order valence-corrected chi connectivity index (χ0v) is 16.7. The zero-order chi connectivity index (χ0) is 20.1. The van der Waals surface area contributed by atoms with Gasteiger partial charge in [-0.15, -0.1) is 0 Å². The third-order valence-electron chi connectivity index (χ3n) is 4.44. The lowest BCUT2D eigenvalue weighted by atomic mass is 10.2. The van der Waals surface area contributed by atoms with Crippen LogP contribution in [0.5, 0.6) is 11.5 Å². The van der Waals surface area contributed by atoms with Gasteiger partial charge in [0, 0.05) is 36.5 Å². The van der Waals surface area contributed by atoms with Crippen LogP contribution in [0, 0.1) is 0 Å². The van der Waals surface area contributed by atoms with Crippen LogP contribution in [0.15, 0.2) is 54.6 Å². The van der Waals surface area contributed by atoms with Gasteiger partial charge in [0.15, 0.2) is 17.3 Å². The Kier molecular flexibility index (Phi) is 5.76. The van der Waals surface area contributed by atoms with Gasteiger partial charge < -0.3 is 25.0 Å². The average molecular weight is 391 g/mol. The van der Waals surface area contributed by atoms with E-state index in [1.165, 1.54) is 0 Å². The normalized spacial score (nSPS) is 12.7. The Bertz CT molecular complexity index is 963. The molecule has 0 bridgehead atoms. The van der Waals surface area contributed by atoms with Crippen molar-refractivity contribution in [3.05, 3.63) is 54.6 Å². The molecule has 2 heterocycles. The van der Waals surface area contributed by atoms with Crippen molar-refractivity contribution in [3.8, 4) is 22.9 Å². The second kappa shape index (κ2) is 8.79. The van der Waals surface area contributed by atoms with Gasteiger partial charge in [0.05, 0.1) is 0 Å². The number of anilines is 3. The fraction of sp³-hybridized carbons (Fsp3) is 0.273. The summed E-state index contributed by atoms with van der Waals surface area (Å²) in [4.78, 5) is 11.5. The first-order valence-corrected chi connectivity index (χ1v) is 9.67. The summed E-state index contributed by atoms with van der Waals surface area (Å²) in [6.07, 6.45) is 0. The molecule has 1 aliphatic heterocycles. The number of rotatable bonds is 7. The molecule has 1 aliphatic rings. The Labute approximate surface area is 170 Å². The summed E-state index contributed by atoms with van der Waals surface area (Å²) in [6, 6.07) is 17.7. The molecule has 2 N–H and O–H groups in total. The summed E-state index contributed by atoms with van der Waals surface area (Å²) < 4.78 is 11.3. The second-order valence-corrected chi connectivity index (χ2v) is 7.04. The molecular weight excluding hydrogens is 366 g/mol. The highest BCUT2D eigenvalue weighted by molar-refractivity contribution is 5.67. The molecule has 7 heteroatoms. The van der Waals surface area contributed by atoms with E-state index in [2.05, 4.69) is 20.5 Å². The van der Waals surface area contributed by atoms with Gasteiger partial charge in [-0.2, -0.15) is 0 Å². The Morgan fingerprint density at radius 1 is 0.897 bits per heavy atom. The molecule has 0 amide bonds. The predicted octanol–water partition coefficient (Wildman–Crippen LogP) is 3.63. The third kappa shape index (κ3) is 4.94. The first-order valence-electron chi connectivity index (χ1n) is 9.67. The summed E-state index contributed by atoms with van der Waals surface area (Å²) in [6.45, 7) is 2.84. The minimum Gasteiger partial charge on any atom is -0.486 e. The molecule has 0 saturated carbocycles. The first kappa shape index (κ1) is 19.0. The average Bonchev–Trinajstić information content (AvgIpc) is 2.74. The summed E-state index contributed by atoms with van der Waals surface area (Å²) in [5.74, 6) is 3.66. The maximum atomic E-state index is 5.68. The van der Waals surface area contributed by atoms with Gasteiger partial charge in [-0.05, 0) is 26.2 Å². The molecule has 150 valence electrons. The second-order valence-electron chi connectivity index (χ2n) is 7.04. The van der Waals surface area contributed by atoms with Gasteiger partial charge in [-0.3, -0.25) is 0 Å². The van der Waals surface area contributed by atoms with Gasteiger partial charge in [0.2, 0.25) is 0 Å². The van der Waals surface area contributed by atoms with Crippen LogP contribution in [-0.4, -0.2) is 55.3 Å². The number of nitrogens with zero attached hydrogens (tertiary/aromatic N) is 3. The standard InChI is InChI=1S/C22H25N5O2/c1-27(2)11-10-23-20-15-21(26-22(25-20)16-6-4-3-5-7-16)24-17-8-9-18-19(14-17)29-13-12-28-18/h3-9,14-15H,10-13H2,1-2H3,(H2,23,24,25,26). The van der Waals surface area contributed by atoms with Crippen LogP contribution in [-0.2, 0) is 0 Å². The number of ether oxygens (including phenoxy) is 2. The number of benzene rings is 2. The quantitative estimate of drug-likeness (QED) is 0.637. The topological polar surface area (TPSA) is 71.5 Å². The number of hydrogen-bond donors (Lipinski definition) is 2. The highest BCUT2D eigenvalue weighted by Crippen LogP contribution is 2.33. The van der Waals surface area contributed by atoms with Crippen LogP contribution in [0.3, 0.4) is 0 Å². The van der Waals surface area contributed by atoms with Crippen LogP contribution in [0.2, 0.25) is 0 Å². The number of hydrogen-bond acceptors (Lipinski definition) is 7. The van der Waals surface area contributed by atoms with Crippen molar-refractivity contribution in [2.75, 3.05) is 51.0 Å². The Morgan fingerprint density at radius 2 is 1.66 bits per heavy atom. The molecule has 3 aromatic rings. The molecule has 0 aliphatic carbocycles. The van der Waals surface area contributed by atoms with E-state index in [1.54, 1.807) is 0 Å². The predicted molar refractivity (Wildman–Crippen MR) is 115 cm³/mol. The van der Waals surface area contributed by atoms with E-state index in [-0.39, 0.29) is 0 Å². The van der Waals surface area contributed by atoms with Crippen LogP contribution in [0.1, 0.15) is 0 Å². The van der Waals surface area contributed by atoms with Crippen LogP contribution in [0.4, 0.5) is 17.3 Å². The number of nitrogens with one attached hydrogen (secondary N) is 2. The van der Waals surface area contributed by atoms with Crippen molar-refractivity contribution in [2.45, 2.75) is 0 Å². The monoisotopic (exact) mass is 391 g/mol. The fourth-order valence-electron chi connectivity index (χ4n) is 2.99. The molecule has 7 nitrogen and oxygen atoms in total. The lowest BCUT2D eigenvalue weighted by Gasteiger charge is -2.19. The summed E-state index contributed by atoms with van der Waals surface area (Å²) >= 11 is 0. The van der Waals surface area contributed by atoms with Crippen molar-refractivity contribution < 1.29 is 9.47 Å². The highest BCUT2D eigenvalue weighted by atomic mass is 16.6. The van der Waals surface area contributed by atoms with E-state index in [9.17, 15) is 0 Å². The van der Waals surface area contributed by atoms with Crippen LogP contribution in [0.25, 0.3) is 11.4 Å². The third-order valence-corrected chi connectivity index (χ3v) is 4.44. The van der Waals surface area contributed by atoms with Gasteiger partial charge in [-0.1, -0.05) is 30.3 Å². The molecule has 1 aromatic heterocycles. The van der Waals surface area contributed by atoms with Crippen molar-refractivity contribution in [1.82, 2.24) is 14.9 Å². The fourth-order valence-corrected chi connectivity index (χ4v) is 2.99. The maximum absolute atomic E-state index is 5.68. The molecule has 0 spiro atoms. The van der Waals surface area contributed by atoms with Gasteiger partial charge in [-0.25, -0.2) is 9.97 Å². The molecule has 29 heavy (non-hydrogen) atoms. The SMILES string of the molecule is CN(C)CCNc1cc(Nc2ccc3c(c2)OCCO3)nc(-c2ccccc2)n1. The molecular formula is C22H25N5O2. The summed E-state index contributed by atoms with van der Waals surface area (Å²) in [7, 11) is 4.10. The Balaban J connectivity index is 1.61. The highest BCUT2D eigenvalue weighted by Gasteiger charge is 2.13. The smallest absolute Gasteiger partial charge is 0.163 e.